The van der Waals surface area contributed by atoms with Crippen LogP contribution in [0.5, 0.6) is 5.75 Å². The molecule has 1 saturated heterocycles. The Morgan fingerprint density at radius 3 is 2.85 bits per heavy atom. The fraction of sp³-hybridized carbons (Fsp3) is 0.250. The number of benzene rings is 1. The molecular formula is C16H16N2O2. The molecule has 3 rings (SSSR count). The summed E-state index contributed by atoms with van der Waals surface area (Å²) >= 11 is 0. The maximum Gasteiger partial charge on any atom is 0.336 e. The van der Waals surface area contributed by atoms with E-state index in [1.54, 1.807) is 18.3 Å². The van der Waals surface area contributed by atoms with Gasteiger partial charge in [-0.05, 0) is 44.1 Å². The first-order chi connectivity index (χ1) is 9.83. The number of carbonyl (C=O) groups is 1. The number of piperidine rings is 1. The van der Waals surface area contributed by atoms with Gasteiger partial charge in [0.1, 0.15) is 5.75 Å². The third kappa shape index (κ3) is 2.86. The summed E-state index contributed by atoms with van der Waals surface area (Å²) in [6.45, 7) is 1.86. The first kappa shape index (κ1) is 12.8. The minimum absolute atomic E-state index is 0.307. The van der Waals surface area contributed by atoms with Crippen LogP contribution in [0.2, 0.25) is 0 Å². The number of nitrogens with one attached hydrogen (secondary N) is 1. The molecule has 1 N–H and O–H groups in total. The van der Waals surface area contributed by atoms with Crippen molar-refractivity contribution in [1.82, 2.24) is 10.3 Å². The Bertz CT molecular complexity index is 651. The first-order valence-corrected chi connectivity index (χ1v) is 6.79. The van der Waals surface area contributed by atoms with E-state index in [0.717, 1.165) is 42.4 Å². The van der Waals surface area contributed by atoms with E-state index < -0.39 is 0 Å². The number of aromatic nitrogens is 1. The SMILES string of the molecule is O=C(C=C1CCNCC1)Oc1ccnc2ccccc12. The molecule has 0 atom stereocenters. The monoisotopic (exact) mass is 268 g/mol. The Hall–Kier alpha value is -2.20. The molecule has 1 fully saturated rings. The molecule has 20 heavy (non-hydrogen) atoms. The van der Waals surface area contributed by atoms with Crippen molar-refractivity contribution < 1.29 is 9.53 Å². The molecule has 102 valence electrons. The summed E-state index contributed by atoms with van der Waals surface area (Å²) in [5.74, 6) is 0.254. The van der Waals surface area contributed by atoms with Gasteiger partial charge in [0.05, 0.1) is 5.52 Å². The van der Waals surface area contributed by atoms with Gasteiger partial charge < -0.3 is 10.1 Å². The molecule has 0 radical (unpaired) electrons. The molecule has 0 bridgehead atoms. The first-order valence-electron chi connectivity index (χ1n) is 6.79. The van der Waals surface area contributed by atoms with Crippen LogP contribution < -0.4 is 10.1 Å². The summed E-state index contributed by atoms with van der Waals surface area (Å²) in [4.78, 5) is 16.2. The van der Waals surface area contributed by atoms with E-state index in [2.05, 4.69) is 10.3 Å². The van der Waals surface area contributed by atoms with Crippen molar-refractivity contribution in [2.75, 3.05) is 13.1 Å². The average molecular weight is 268 g/mol. The summed E-state index contributed by atoms with van der Waals surface area (Å²) < 4.78 is 5.45. The number of fused-ring (bicyclic) bond motifs is 1. The maximum atomic E-state index is 12.0. The van der Waals surface area contributed by atoms with Crippen LogP contribution in [0.15, 0.2) is 48.2 Å². The number of pyridine rings is 1. The van der Waals surface area contributed by atoms with E-state index >= 15 is 0 Å². The third-order valence-electron chi connectivity index (χ3n) is 3.39. The normalized spacial score (nSPS) is 15.1. The lowest BCUT2D eigenvalue weighted by Gasteiger charge is -2.14. The molecule has 2 heterocycles. The van der Waals surface area contributed by atoms with Crippen molar-refractivity contribution in [2.24, 2.45) is 0 Å². The van der Waals surface area contributed by atoms with Crippen molar-refractivity contribution >= 4 is 16.9 Å². The zero-order valence-electron chi connectivity index (χ0n) is 11.1. The highest BCUT2D eigenvalue weighted by molar-refractivity contribution is 5.90. The molecule has 0 saturated carbocycles. The number of rotatable bonds is 2. The molecule has 4 nitrogen and oxygen atoms in total. The maximum absolute atomic E-state index is 12.0. The van der Waals surface area contributed by atoms with Crippen LogP contribution in [0.4, 0.5) is 0 Å². The number of hydrogen-bond acceptors (Lipinski definition) is 4. The fourth-order valence-corrected chi connectivity index (χ4v) is 2.36. The lowest BCUT2D eigenvalue weighted by Crippen LogP contribution is -2.23. The number of nitrogens with zero attached hydrogens (tertiary/aromatic N) is 1. The Balaban J connectivity index is 1.80. The molecule has 0 unspecified atom stereocenters. The fourth-order valence-electron chi connectivity index (χ4n) is 2.36. The number of esters is 1. The lowest BCUT2D eigenvalue weighted by molar-refractivity contribution is -0.128. The van der Waals surface area contributed by atoms with Crippen molar-refractivity contribution in [2.45, 2.75) is 12.8 Å². The highest BCUT2D eigenvalue weighted by atomic mass is 16.5. The number of para-hydroxylation sites is 1. The van der Waals surface area contributed by atoms with Crippen molar-refractivity contribution in [1.29, 1.82) is 0 Å². The van der Waals surface area contributed by atoms with Gasteiger partial charge in [0.25, 0.3) is 0 Å². The van der Waals surface area contributed by atoms with Crippen LogP contribution in [0.25, 0.3) is 10.9 Å². The quantitative estimate of drug-likeness (QED) is 0.671. The molecule has 0 amide bonds. The average Bonchev–Trinajstić information content (AvgIpc) is 2.48. The van der Waals surface area contributed by atoms with Crippen molar-refractivity contribution in [3.63, 3.8) is 0 Å². The Morgan fingerprint density at radius 2 is 2.00 bits per heavy atom. The Morgan fingerprint density at radius 1 is 1.20 bits per heavy atom. The Labute approximate surface area is 117 Å². The van der Waals surface area contributed by atoms with Gasteiger partial charge in [-0.2, -0.15) is 0 Å². The summed E-state index contributed by atoms with van der Waals surface area (Å²) in [6, 6.07) is 9.35. The second-order valence-corrected chi connectivity index (χ2v) is 4.80. The molecule has 1 aromatic heterocycles. The van der Waals surface area contributed by atoms with Crippen LogP contribution in [0.1, 0.15) is 12.8 Å². The van der Waals surface area contributed by atoms with Crippen LogP contribution in [-0.2, 0) is 4.79 Å². The van der Waals surface area contributed by atoms with Gasteiger partial charge in [-0.25, -0.2) is 4.79 Å². The predicted octanol–water partition coefficient (Wildman–Crippen LogP) is 2.45. The largest absolute Gasteiger partial charge is 0.423 e. The standard InChI is InChI=1S/C16H16N2O2/c19-16(11-12-5-8-17-9-6-12)20-15-7-10-18-14-4-2-1-3-13(14)15/h1-4,7,10-11,17H,5-6,8-9H2. The smallest absolute Gasteiger partial charge is 0.336 e. The van der Waals surface area contributed by atoms with Crippen LogP contribution >= 0.6 is 0 Å². The van der Waals surface area contributed by atoms with Gasteiger partial charge in [-0.3, -0.25) is 4.98 Å². The van der Waals surface area contributed by atoms with Gasteiger partial charge in [-0.1, -0.05) is 17.7 Å². The van der Waals surface area contributed by atoms with Crippen LogP contribution in [0.3, 0.4) is 0 Å². The minimum Gasteiger partial charge on any atom is -0.423 e. The highest BCUT2D eigenvalue weighted by Gasteiger charge is 2.10. The van der Waals surface area contributed by atoms with E-state index in [1.165, 1.54) is 0 Å². The molecule has 4 heteroatoms. The highest BCUT2D eigenvalue weighted by Crippen LogP contribution is 2.23. The zero-order chi connectivity index (χ0) is 13.8. The number of ether oxygens (including phenoxy) is 1. The van der Waals surface area contributed by atoms with Crippen LogP contribution in [0, 0.1) is 0 Å². The van der Waals surface area contributed by atoms with Gasteiger partial charge in [0.15, 0.2) is 0 Å². The molecule has 0 aliphatic carbocycles. The minimum atomic E-state index is -0.307. The number of carbonyl (C=O) groups excluding carboxylic acids is 1. The Kier molecular flexibility index (Phi) is 3.74. The summed E-state index contributed by atoms with van der Waals surface area (Å²) in [5.41, 5.74) is 1.97. The molecule has 1 aliphatic heterocycles. The van der Waals surface area contributed by atoms with Crippen molar-refractivity contribution in [3.8, 4) is 5.75 Å². The summed E-state index contributed by atoms with van der Waals surface area (Å²) in [5, 5.41) is 4.11. The molecule has 0 spiro atoms. The van der Waals surface area contributed by atoms with E-state index in [9.17, 15) is 4.79 Å². The van der Waals surface area contributed by atoms with E-state index in [0.29, 0.717) is 5.75 Å². The van der Waals surface area contributed by atoms with E-state index in [4.69, 9.17) is 4.74 Å². The van der Waals surface area contributed by atoms with E-state index in [-0.39, 0.29) is 5.97 Å². The van der Waals surface area contributed by atoms with Gasteiger partial charge in [0, 0.05) is 17.7 Å². The van der Waals surface area contributed by atoms with Gasteiger partial charge >= 0.3 is 5.97 Å². The third-order valence-corrected chi connectivity index (χ3v) is 3.39. The molecule has 1 aliphatic rings. The number of hydrogen-bond donors (Lipinski definition) is 1. The predicted molar refractivity (Wildman–Crippen MR) is 77.6 cm³/mol. The van der Waals surface area contributed by atoms with Crippen molar-refractivity contribution in [3.05, 3.63) is 48.2 Å². The van der Waals surface area contributed by atoms with E-state index in [1.807, 2.05) is 24.3 Å². The second kappa shape index (κ2) is 5.84. The van der Waals surface area contributed by atoms with Gasteiger partial charge in [-0.15, -0.1) is 0 Å². The molecular weight excluding hydrogens is 252 g/mol. The summed E-state index contributed by atoms with van der Waals surface area (Å²) in [6.07, 6.45) is 5.09. The lowest BCUT2D eigenvalue weighted by atomic mass is 10.1. The summed E-state index contributed by atoms with van der Waals surface area (Å²) in [7, 11) is 0. The molecule has 1 aromatic carbocycles. The molecule has 2 aromatic rings. The van der Waals surface area contributed by atoms with Gasteiger partial charge in [0.2, 0.25) is 0 Å². The van der Waals surface area contributed by atoms with Crippen LogP contribution in [-0.4, -0.2) is 24.0 Å². The zero-order valence-corrected chi connectivity index (χ0v) is 11.1. The topological polar surface area (TPSA) is 51.2 Å². The second-order valence-electron chi connectivity index (χ2n) is 4.80.